The Kier molecular flexibility index (Phi) is 8.32. The molecule has 1 saturated heterocycles. The molecule has 0 bridgehead atoms. The normalized spacial score (nSPS) is 25.4. The molecule has 1 aliphatic heterocycles. The monoisotopic (exact) mass is 710 g/mol. The zero-order valence-electron chi connectivity index (χ0n) is 25.6. The largest absolute Gasteiger partial charge is 0.416 e. The molecule has 1 aromatic heterocycles. The van der Waals surface area contributed by atoms with Crippen LogP contribution < -0.4 is 9.62 Å². The van der Waals surface area contributed by atoms with Crippen LogP contribution in [0.3, 0.4) is 0 Å². The van der Waals surface area contributed by atoms with E-state index in [-0.39, 0.29) is 47.9 Å². The fourth-order valence-corrected chi connectivity index (χ4v) is 10.0. The van der Waals surface area contributed by atoms with Gasteiger partial charge in [-0.05, 0) is 102 Å². The summed E-state index contributed by atoms with van der Waals surface area (Å²) in [7, 11) is -2.47. The van der Waals surface area contributed by atoms with Crippen LogP contribution in [0, 0.1) is 5.92 Å². The minimum absolute atomic E-state index is 0.00955. The summed E-state index contributed by atoms with van der Waals surface area (Å²) in [5.74, 6) is -0.762. The van der Waals surface area contributed by atoms with Crippen LogP contribution >= 0.6 is 0 Å². The van der Waals surface area contributed by atoms with Crippen LogP contribution in [0.4, 0.5) is 45.5 Å². The Balaban J connectivity index is 1.55. The highest BCUT2D eigenvalue weighted by molar-refractivity contribution is 7.90. The fraction of sp³-hybridized carbons (Fsp3) is 0.567. The highest BCUT2D eigenvalue weighted by atomic mass is 32.2. The van der Waals surface area contributed by atoms with E-state index in [1.165, 1.54) is 11.9 Å². The van der Waals surface area contributed by atoms with Crippen LogP contribution in [0.15, 0.2) is 30.3 Å². The molecule has 1 saturated carbocycles. The molecule has 48 heavy (non-hydrogen) atoms. The lowest BCUT2D eigenvalue weighted by atomic mass is 9.69. The Bertz CT molecular complexity index is 1790. The average molecular weight is 711 g/mol. The number of aromatic nitrogens is 4. The topological polar surface area (TPSA) is 93.0 Å². The molecular weight excluding hydrogens is 679 g/mol. The molecule has 2 heterocycles. The first kappa shape index (κ1) is 34.5. The number of fused-ring (bicyclic) bond motifs is 1. The van der Waals surface area contributed by atoms with Gasteiger partial charge in [0, 0.05) is 25.0 Å². The van der Waals surface area contributed by atoms with Crippen LogP contribution in [-0.4, -0.2) is 40.4 Å². The fourth-order valence-electron chi connectivity index (χ4n) is 8.00. The lowest BCUT2D eigenvalue weighted by Crippen LogP contribution is -2.41. The van der Waals surface area contributed by atoms with Gasteiger partial charge in [-0.1, -0.05) is 12.0 Å². The van der Waals surface area contributed by atoms with Crippen molar-refractivity contribution in [2.45, 2.75) is 87.2 Å². The van der Waals surface area contributed by atoms with Gasteiger partial charge in [0.1, 0.15) is 0 Å². The van der Waals surface area contributed by atoms with Crippen molar-refractivity contribution < 1.29 is 47.9 Å². The number of hydrogen-bond donors (Lipinski definition) is 1. The lowest BCUT2D eigenvalue weighted by molar-refractivity contribution is -0.143. The molecule has 262 valence electrons. The van der Waals surface area contributed by atoms with E-state index in [2.05, 4.69) is 20.1 Å². The molecule has 2 aromatic carbocycles. The summed E-state index contributed by atoms with van der Waals surface area (Å²) in [5.41, 5.74) is -4.84. The summed E-state index contributed by atoms with van der Waals surface area (Å²) in [6.45, 7) is 0.693. The third-order valence-corrected chi connectivity index (χ3v) is 12.0. The Morgan fingerprint density at radius 1 is 0.875 bits per heavy atom. The number of sulfonamides is 1. The number of nitrogens with zero attached hydrogens (tertiary/aromatic N) is 5. The summed E-state index contributed by atoms with van der Waals surface area (Å²) in [6.07, 6.45) is -12.7. The van der Waals surface area contributed by atoms with Gasteiger partial charge in [0.2, 0.25) is 10.0 Å². The Labute approximate surface area is 269 Å². The van der Waals surface area contributed by atoms with Crippen molar-refractivity contribution in [2.75, 3.05) is 11.4 Å². The van der Waals surface area contributed by atoms with Gasteiger partial charge < -0.3 is 4.90 Å². The second kappa shape index (κ2) is 11.6. The summed E-state index contributed by atoms with van der Waals surface area (Å²) >= 11 is 0. The molecule has 6 rings (SSSR count). The molecule has 3 aromatic rings. The quantitative estimate of drug-likeness (QED) is 0.286. The maximum Gasteiger partial charge on any atom is 0.416 e. The molecule has 0 radical (unpaired) electrons. The Hall–Kier alpha value is -3.41. The van der Waals surface area contributed by atoms with Gasteiger partial charge in [-0.3, -0.25) is 0 Å². The van der Waals surface area contributed by atoms with Gasteiger partial charge in [0.15, 0.2) is 0 Å². The van der Waals surface area contributed by atoms with Gasteiger partial charge >= 0.3 is 18.5 Å². The van der Waals surface area contributed by atoms with Crippen molar-refractivity contribution in [3.8, 4) is 0 Å². The van der Waals surface area contributed by atoms with E-state index in [9.17, 15) is 47.9 Å². The van der Waals surface area contributed by atoms with E-state index in [1.807, 2.05) is 6.92 Å². The van der Waals surface area contributed by atoms with Crippen LogP contribution in [0.2, 0.25) is 0 Å². The minimum Gasteiger partial charge on any atom is -0.330 e. The third-order valence-electron chi connectivity index (χ3n) is 10.0. The Morgan fingerprint density at radius 2 is 1.48 bits per heavy atom. The summed E-state index contributed by atoms with van der Waals surface area (Å²) in [6, 6.07) is 3.04. The van der Waals surface area contributed by atoms with Crippen molar-refractivity contribution in [3.05, 3.63) is 69.3 Å². The van der Waals surface area contributed by atoms with E-state index >= 15 is 0 Å². The maximum atomic E-state index is 14.6. The second-order valence-corrected chi connectivity index (χ2v) is 14.7. The van der Waals surface area contributed by atoms with Gasteiger partial charge in [-0.2, -0.15) is 44.3 Å². The molecule has 1 spiro atoms. The molecule has 4 atom stereocenters. The third kappa shape index (κ3) is 6.02. The first-order chi connectivity index (χ1) is 22.2. The van der Waals surface area contributed by atoms with Crippen molar-refractivity contribution in [3.63, 3.8) is 0 Å². The molecule has 2 unspecified atom stereocenters. The predicted octanol–water partition coefficient (Wildman–Crippen LogP) is 6.71. The van der Waals surface area contributed by atoms with Gasteiger partial charge in [-0.15, -0.1) is 5.10 Å². The first-order valence-corrected chi connectivity index (χ1v) is 16.8. The number of hydrogen-bond acceptors (Lipinski definition) is 6. The molecule has 2 fully saturated rings. The minimum atomic E-state index is -5.12. The van der Waals surface area contributed by atoms with Gasteiger partial charge in [0.05, 0.1) is 29.0 Å². The SMILES string of the molecule is CCC1CCC2CC[C@H]3[C@@]2(CNS3(=O)=O)c2cc(C(F)(F)F)cc(CN(Cc3cc(C(F)(F)F)cc(C(F)(F)F)c3)c3nnn(C)n3)c21. The highest BCUT2D eigenvalue weighted by Gasteiger charge is 2.62. The zero-order chi connectivity index (χ0) is 35.0. The van der Waals surface area contributed by atoms with E-state index < -0.39 is 74.6 Å². The van der Waals surface area contributed by atoms with E-state index in [0.29, 0.717) is 43.4 Å². The number of aryl methyl sites for hydroxylation is 1. The number of rotatable bonds is 6. The van der Waals surface area contributed by atoms with E-state index in [0.717, 1.165) is 16.9 Å². The van der Waals surface area contributed by atoms with E-state index in [4.69, 9.17) is 0 Å². The summed E-state index contributed by atoms with van der Waals surface area (Å²) < 4.78 is 155. The van der Waals surface area contributed by atoms with Crippen molar-refractivity contribution >= 4 is 16.0 Å². The summed E-state index contributed by atoms with van der Waals surface area (Å²) in [5, 5.41) is 10.7. The molecule has 0 amide bonds. The number of benzene rings is 2. The maximum absolute atomic E-state index is 14.6. The van der Waals surface area contributed by atoms with Gasteiger partial charge in [0.25, 0.3) is 5.95 Å². The number of alkyl halides is 9. The molecular formula is C30H31F9N6O2S. The number of halogens is 9. The van der Waals surface area contributed by atoms with Crippen molar-refractivity contribution in [2.24, 2.45) is 13.0 Å². The molecule has 18 heteroatoms. The Morgan fingerprint density at radius 3 is 2.04 bits per heavy atom. The van der Waals surface area contributed by atoms with Gasteiger partial charge in [-0.25, -0.2) is 13.1 Å². The lowest BCUT2D eigenvalue weighted by Gasteiger charge is -2.36. The van der Waals surface area contributed by atoms with Crippen molar-refractivity contribution in [1.29, 1.82) is 0 Å². The predicted molar refractivity (Wildman–Crippen MR) is 154 cm³/mol. The van der Waals surface area contributed by atoms with Crippen LogP contribution in [-0.2, 0) is 54.1 Å². The van der Waals surface area contributed by atoms with Crippen LogP contribution in [0.5, 0.6) is 0 Å². The number of anilines is 1. The van der Waals surface area contributed by atoms with Crippen LogP contribution in [0.25, 0.3) is 0 Å². The molecule has 2 aliphatic carbocycles. The standard InChI is InChI=1S/C30H31F9N6O2S/c1-3-17-4-5-19-6-7-24-27(19,15-40-48(24,46)47)23-12-22(30(37,38)39)10-18(25(17)23)14-45(26-41-43-44(2)42-26)13-16-8-20(28(31,32)33)11-21(9-16)29(34,35)36/h8-12,17,19,24,40H,3-7,13-15H2,1-2H3/t17?,19?,24-,27+/m0/s1. The average Bonchev–Trinajstić information content (AvgIpc) is 3.63. The molecule has 1 N–H and O–H groups in total. The van der Waals surface area contributed by atoms with Crippen LogP contribution in [0.1, 0.15) is 83.9 Å². The zero-order valence-corrected chi connectivity index (χ0v) is 26.5. The smallest absolute Gasteiger partial charge is 0.330 e. The summed E-state index contributed by atoms with van der Waals surface area (Å²) in [4.78, 5) is 2.18. The second-order valence-electron chi connectivity index (χ2n) is 12.8. The first-order valence-electron chi connectivity index (χ1n) is 15.2. The number of tetrazole rings is 1. The number of nitrogens with one attached hydrogen (secondary N) is 1. The van der Waals surface area contributed by atoms with E-state index in [1.54, 1.807) is 0 Å². The molecule has 8 nitrogen and oxygen atoms in total. The highest BCUT2D eigenvalue weighted by Crippen LogP contribution is 2.58. The van der Waals surface area contributed by atoms with Crippen molar-refractivity contribution in [1.82, 2.24) is 24.9 Å². The molecule has 3 aliphatic rings.